The van der Waals surface area contributed by atoms with Crippen molar-refractivity contribution in [3.63, 3.8) is 0 Å². The van der Waals surface area contributed by atoms with E-state index in [0.717, 1.165) is 22.3 Å². The number of aromatic nitrogens is 3. The van der Waals surface area contributed by atoms with E-state index in [1.54, 1.807) is 36.0 Å². The standard InChI is InChI=1S/C19H16Cl3N3OS/c1-2-9-25-18(11-26-15-6-4-14(20)5-7-15)23-24-19(25)27-12-13-3-8-16(21)17(22)10-13/h2-8,10H,1,9,11-12H2. The molecular weight excluding hydrogens is 425 g/mol. The first-order chi connectivity index (χ1) is 13.1. The summed E-state index contributed by atoms with van der Waals surface area (Å²) in [5, 5.41) is 11.1. The van der Waals surface area contributed by atoms with Crippen molar-refractivity contribution in [2.45, 2.75) is 24.1 Å². The molecule has 27 heavy (non-hydrogen) atoms. The highest BCUT2D eigenvalue weighted by Gasteiger charge is 2.13. The average Bonchev–Trinajstić information content (AvgIpc) is 3.04. The van der Waals surface area contributed by atoms with Gasteiger partial charge in [0.2, 0.25) is 0 Å². The lowest BCUT2D eigenvalue weighted by molar-refractivity contribution is 0.289. The maximum Gasteiger partial charge on any atom is 0.191 e. The summed E-state index contributed by atoms with van der Waals surface area (Å²) in [6.45, 7) is 4.71. The lowest BCUT2D eigenvalue weighted by Crippen LogP contribution is -2.07. The molecule has 0 saturated heterocycles. The third kappa shape index (κ3) is 5.42. The molecule has 1 aromatic heterocycles. The van der Waals surface area contributed by atoms with E-state index in [2.05, 4.69) is 16.8 Å². The number of hydrogen-bond acceptors (Lipinski definition) is 4. The van der Waals surface area contributed by atoms with Crippen LogP contribution in [0.15, 0.2) is 60.3 Å². The molecule has 0 aliphatic carbocycles. The summed E-state index contributed by atoms with van der Waals surface area (Å²) in [6, 6.07) is 12.8. The van der Waals surface area contributed by atoms with Gasteiger partial charge in [-0.2, -0.15) is 0 Å². The fourth-order valence-electron chi connectivity index (χ4n) is 2.30. The van der Waals surface area contributed by atoms with Crippen molar-refractivity contribution in [1.82, 2.24) is 14.8 Å². The van der Waals surface area contributed by atoms with Crippen LogP contribution in [-0.2, 0) is 18.9 Å². The molecule has 3 aromatic rings. The molecule has 2 aromatic carbocycles. The molecule has 8 heteroatoms. The Labute approximate surface area is 177 Å². The molecule has 0 saturated carbocycles. The molecule has 0 atom stereocenters. The highest BCUT2D eigenvalue weighted by molar-refractivity contribution is 7.98. The maximum atomic E-state index is 6.08. The van der Waals surface area contributed by atoms with Crippen LogP contribution in [-0.4, -0.2) is 14.8 Å². The number of halogens is 3. The summed E-state index contributed by atoms with van der Waals surface area (Å²) in [6.07, 6.45) is 1.80. The molecule has 0 spiro atoms. The van der Waals surface area contributed by atoms with Crippen molar-refractivity contribution in [2.75, 3.05) is 0 Å². The van der Waals surface area contributed by atoms with Crippen LogP contribution >= 0.6 is 46.6 Å². The second-order valence-electron chi connectivity index (χ2n) is 5.58. The predicted molar refractivity (Wildman–Crippen MR) is 112 cm³/mol. The van der Waals surface area contributed by atoms with E-state index in [1.807, 2.05) is 28.8 Å². The zero-order valence-corrected chi connectivity index (χ0v) is 17.3. The largest absolute Gasteiger partial charge is 0.486 e. The van der Waals surface area contributed by atoms with Crippen LogP contribution in [0.5, 0.6) is 5.75 Å². The van der Waals surface area contributed by atoms with E-state index in [1.165, 1.54) is 0 Å². The van der Waals surface area contributed by atoms with Gasteiger partial charge in [-0.3, -0.25) is 4.57 Å². The summed E-state index contributed by atoms with van der Waals surface area (Å²) in [7, 11) is 0. The summed E-state index contributed by atoms with van der Waals surface area (Å²) in [5.41, 5.74) is 1.06. The van der Waals surface area contributed by atoms with Crippen LogP contribution in [0.3, 0.4) is 0 Å². The van der Waals surface area contributed by atoms with E-state index in [0.29, 0.717) is 34.0 Å². The van der Waals surface area contributed by atoms with Gasteiger partial charge in [0.05, 0.1) is 10.0 Å². The molecule has 0 unspecified atom stereocenters. The first-order valence-electron chi connectivity index (χ1n) is 8.05. The Morgan fingerprint density at radius 3 is 2.52 bits per heavy atom. The van der Waals surface area contributed by atoms with E-state index in [4.69, 9.17) is 39.5 Å². The molecule has 1 heterocycles. The zero-order chi connectivity index (χ0) is 19.2. The normalized spacial score (nSPS) is 10.8. The molecule has 3 rings (SSSR count). The number of thioether (sulfide) groups is 1. The Balaban J connectivity index is 1.69. The molecule has 0 amide bonds. The Morgan fingerprint density at radius 1 is 1.04 bits per heavy atom. The van der Waals surface area contributed by atoms with Gasteiger partial charge < -0.3 is 4.74 Å². The van der Waals surface area contributed by atoms with Gasteiger partial charge in [0, 0.05) is 17.3 Å². The van der Waals surface area contributed by atoms with Crippen molar-refractivity contribution in [1.29, 1.82) is 0 Å². The minimum Gasteiger partial charge on any atom is -0.486 e. The Hall–Kier alpha value is -1.66. The molecule has 0 radical (unpaired) electrons. The van der Waals surface area contributed by atoms with Gasteiger partial charge in [0.25, 0.3) is 0 Å². The SMILES string of the molecule is C=CCn1c(COc2ccc(Cl)cc2)nnc1SCc1ccc(Cl)c(Cl)c1. The number of benzene rings is 2. The lowest BCUT2D eigenvalue weighted by Gasteiger charge is -2.09. The van der Waals surface area contributed by atoms with Crippen molar-refractivity contribution >= 4 is 46.6 Å². The molecule has 0 N–H and O–H groups in total. The van der Waals surface area contributed by atoms with Gasteiger partial charge in [-0.15, -0.1) is 16.8 Å². The van der Waals surface area contributed by atoms with Crippen LogP contribution < -0.4 is 4.74 Å². The first kappa shape index (κ1) is 20.1. The van der Waals surface area contributed by atoms with Crippen molar-refractivity contribution in [3.05, 3.63) is 81.6 Å². The van der Waals surface area contributed by atoms with E-state index >= 15 is 0 Å². The van der Waals surface area contributed by atoms with E-state index < -0.39 is 0 Å². The van der Waals surface area contributed by atoms with Crippen molar-refractivity contribution in [3.8, 4) is 5.75 Å². The average molecular weight is 441 g/mol. The quantitative estimate of drug-likeness (QED) is 0.304. The molecule has 0 bridgehead atoms. The predicted octanol–water partition coefficient (Wildman–Crippen LogP) is 6.30. The van der Waals surface area contributed by atoms with Crippen molar-refractivity contribution in [2.24, 2.45) is 0 Å². The second-order valence-corrected chi connectivity index (χ2v) is 7.77. The Kier molecular flexibility index (Phi) is 7.07. The number of allylic oxidation sites excluding steroid dienone is 1. The Morgan fingerprint density at radius 2 is 1.81 bits per heavy atom. The summed E-state index contributed by atoms with van der Waals surface area (Å²) in [4.78, 5) is 0. The van der Waals surface area contributed by atoms with E-state index in [9.17, 15) is 0 Å². The molecule has 0 fully saturated rings. The van der Waals surface area contributed by atoms with Crippen LogP contribution in [0.2, 0.25) is 15.1 Å². The minimum absolute atomic E-state index is 0.301. The third-order valence-corrected chi connectivity index (χ3v) is 5.67. The highest BCUT2D eigenvalue weighted by Crippen LogP contribution is 2.27. The molecule has 4 nitrogen and oxygen atoms in total. The van der Waals surface area contributed by atoms with Gasteiger partial charge >= 0.3 is 0 Å². The number of ether oxygens (including phenoxy) is 1. The maximum absolute atomic E-state index is 6.08. The summed E-state index contributed by atoms with van der Waals surface area (Å²) < 4.78 is 7.76. The zero-order valence-electron chi connectivity index (χ0n) is 14.2. The Bertz CT molecular complexity index is 928. The first-order valence-corrected chi connectivity index (χ1v) is 10.2. The number of nitrogens with zero attached hydrogens (tertiary/aromatic N) is 3. The van der Waals surface area contributed by atoms with Crippen LogP contribution in [0.4, 0.5) is 0 Å². The minimum atomic E-state index is 0.301. The number of rotatable bonds is 8. The molecule has 0 aliphatic rings. The van der Waals surface area contributed by atoms with Crippen LogP contribution in [0.1, 0.15) is 11.4 Å². The summed E-state index contributed by atoms with van der Waals surface area (Å²) in [5.74, 6) is 2.14. The summed E-state index contributed by atoms with van der Waals surface area (Å²) >= 11 is 19.5. The molecule has 0 aliphatic heterocycles. The topological polar surface area (TPSA) is 39.9 Å². The van der Waals surface area contributed by atoms with Gasteiger partial charge in [0.1, 0.15) is 12.4 Å². The monoisotopic (exact) mass is 439 g/mol. The van der Waals surface area contributed by atoms with Gasteiger partial charge in [-0.25, -0.2) is 0 Å². The van der Waals surface area contributed by atoms with Gasteiger partial charge in [-0.05, 0) is 42.0 Å². The van der Waals surface area contributed by atoms with Crippen LogP contribution in [0.25, 0.3) is 0 Å². The fourth-order valence-corrected chi connectivity index (χ4v) is 3.66. The van der Waals surface area contributed by atoms with Crippen LogP contribution in [0, 0.1) is 0 Å². The lowest BCUT2D eigenvalue weighted by atomic mass is 10.2. The fraction of sp³-hybridized carbons (Fsp3) is 0.158. The van der Waals surface area contributed by atoms with Crippen molar-refractivity contribution < 1.29 is 4.74 Å². The molecular formula is C19H16Cl3N3OS. The van der Waals surface area contributed by atoms with Gasteiger partial charge in [0.15, 0.2) is 11.0 Å². The van der Waals surface area contributed by atoms with E-state index in [-0.39, 0.29) is 0 Å². The van der Waals surface area contributed by atoms with Gasteiger partial charge in [-0.1, -0.05) is 58.7 Å². The highest BCUT2D eigenvalue weighted by atomic mass is 35.5. The molecule has 140 valence electrons. The smallest absolute Gasteiger partial charge is 0.191 e. The second kappa shape index (κ2) is 9.51. The third-order valence-electron chi connectivity index (χ3n) is 3.64. The number of hydrogen-bond donors (Lipinski definition) is 0.